The molecule has 0 aromatic carbocycles. The molecule has 6 heteroatoms. The van der Waals surface area contributed by atoms with Crippen LogP contribution in [0.3, 0.4) is 0 Å². The van der Waals surface area contributed by atoms with Gasteiger partial charge in [-0.25, -0.2) is 0 Å². The fourth-order valence-electron chi connectivity index (χ4n) is 7.12. The van der Waals surface area contributed by atoms with E-state index in [2.05, 4.69) is 27.7 Å². The molecule has 0 N–H and O–H groups in total. The molecule has 0 bridgehead atoms. The summed E-state index contributed by atoms with van der Waals surface area (Å²) in [5, 5.41) is 0. The van der Waals surface area contributed by atoms with Crippen LogP contribution in [0, 0.1) is 5.92 Å². The van der Waals surface area contributed by atoms with E-state index in [4.69, 9.17) is 14.2 Å². The van der Waals surface area contributed by atoms with Gasteiger partial charge in [0.25, 0.3) is 0 Å². The van der Waals surface area contributed by atoms with Crippen molar-refractivity contribution in [2.45, 2.75) is 271 Å². The normalized spacial score (nSPS) is 12.4. The van der Waals surface area contributed by atoms with Crippen molar-refractivity contribution in [3.63, 3.8) is 0 Å². The predicted octanol–water partition coefficient (Wildman–Crippen LogP) is 15.1. The van der Waals surface area contributed by atoms with Crippen LogP contribution in [0.1, 0.15) is 265 Å². The van der Waals surface area contributed by atoms with Crippen molar-refractivity contribution in [1.29, 1.82) is 0 Å². The Kier molecular flexibility index (Phi) is 41.3. The Morgan fingerprint density at radius 1 is 0.370 bits per heavy atom. The zero-order valence-electron chi connectivity index (χ0n) is 36.7. The van der Waals surface area contributed by atoms with Gasteiger partial charge in [0, 0.05) is 19.3 Å². The minimum Gasteiger partial charge on any atom is -0.462 e. The lowest BCUT2D eigenvalue weighted by Crippen LogP contribution is -2.30. The van der Waals surface area contributed by atoms with E-state index >= 15 is 0 Å². The molecule has 6 nitrogen and oxygen atoms in total. The second kappa shape index (κ2) is 42.6. The summed E-state index contributed by atoms with van der Waals surface area (Å²) >= 11 is 0. The molecule has 0 saturated heterocycles. The molecule has 1 unspecified atom stereocenters. The molecule has 0 heterocycles. The van der Waals surface area contributed by atoms with Crippen LogP contribution in [0.25, 0.3) is 0 Å². The molecule has 0 aromatic heterocycles. The summed E-state index contributed by atoms with van der Waals surface area (Å²) in [6.07, 6.45) is 42.2. The smallest absolute Gasteiger partial charge is 0.306 e. The summed E-state index contributed by atoms with van der Waals surface area (Å²) in [5.74, 6) is 0.0154. The lowest BCUT2D eigenvalue weighted by Gasteiger charge is -2.18. The van der Waals surface area contributed by atoms with Gasteiger partial charge in [-0.3, -0.25) is 14.4 Å². The molecular weight excluding hydrogens is 673 g/mol. The molecule has 0 spiro atoms. The monoisotopic (exact) mass is 765 g/mol. The van der Waals surface area contributed by atoms with Crippen LogP contribution in [0.4, 0.5) is 0 Å². The number of unbranched alkanes of at least 4 members (excludes halogenated alkanes) is 29. The molecule has 0 saturated carbocycles. The fourth-order valence-corrected chi connectivity index (χ4v) is 7.12. The molecule has 0 fully saturated rings. The lowest BCUT2D eigenvalue weighted by atomic mass is 9.99. The molecule has 0 amide bonds. The maximum Gasteiger partial charge on any atom is 0.306 e. The van der Waals surface area contributed by atoms with E-state index in [1.165, 1.54) is 161 Å². The van der Waals surface area contributed by atoms with Crippen LogP contribution >= 0.6 is 0 Å². The molecule has 0 aliphatic heterocycles. The second-order valence-electron chi connectivity index (χ2n) is 16.6. The Bertz CT molecular complexity index is 813. The van der Waals surface area contributed by atoms with Crippen LogP contribution in [-0.4, -0.2) is 37.2 Å². The van der Waals surface area contributed by atoms with E-state index in [9.17, 15) is 14.4 Å². The average molecular weight is 765 g/mol. The summed E-state index contributed by atoms with van der Waals surface area (Å²) in [7, 11) is 0. The van der Waals surface area contributed by atoms with Gasteiger partial charge in [-0.15, -0.1) is 0 Å². The van der Waals surface area contributed by atoms with E-state index in [0.29, 0.717) is 19.3 Å². The van der Waals surface area contributed by atoms with Gasteiger partial charge in [-0.1, -0.05) is 227 Å². The number of carbonyl (C=O) groups is 3. The Balaban J connectivity index is 4.33. The first kappa shape index (κ1) is 52.4. The largest absolute Gasteiger partial charge is 0.462 e. The third-order valence-corrected chi connectivity index (χ3v) is 11.2. The zero-order chi connectivity index (χ0) is 39.6. The minimum absolute atomic E-state index is 0.0635. The van der Waals surface area contributed by atoms with E-state index < -0.39 is 6.10 Å². The number of esters is 3. The highest BCUT2D eigenvalue weighted by molar-refractivity contribution is 5.71. The SMILES string of the molecule is CCCCCCCCCCCCCCC(=O)OC[C@H](COC(=O)CCCCCCCCCCCC)OC(=O)CCCCCCCCCCCCC(C)CC. The van der Waals surface area contributed by atoms with Crippen LogP contribution < -0.4 is 0 Å². The summed E-state index contributed by atoms with van der Waals surface area (Å²) < 4.78 is 16.7. The quantitative estimate of drug-likeness (QED) is 0.0349. The summed E-state index contributed by atoms with van der Waals surface area (Å²) in [6.45, 7) is 9.02. The van der Waals surface area contributed by atoms with Gasteiger partial charge in [0.15, 0.2) is 6.10 Å². The summed E-state index contributed by atoms with van der Waals surface area (Å²) in [6, 6.07) is 0. The zero-order valence-corrected chi connectivity index (χ0v) is 36.7. The highest BCUT2D eigenvalue weighted by Crippen LogP contribution is 2.17. The highest BCUT2D eigenvalue weighted by atomic mass is 16.6. The molecule has 0 aliphatic carbocycles. The van der Waals surface area contributed by atoms with Gasteiger partial charge >= 0.3 is 17.9 Å². The van der Waals surface area contributed by atoms with Gasteiger partial charge in [-0.05, 0) is 25.2 Å². The maximum absolute atomic E-state index is 12.7. The Hall–Kier alpha value is -1.59. The van der Waals surface area contributed by atoms with Crippen molar-refractivity contribution in [3.05, 3.63) is 0 Å². The highest BCUT2D eigenvalue weighted by Gasteiger charge is 2.19. The van der Waals surface area contributed by atoms with Crippen LogP contribution in [0.15, 0.2) is 0 Å². The van der Waals surface area contributed by atoms with Gasteiger partial charge in [0.05, 0.1) is 0 Å². The maximum atomic E-state index is 12.7. The topological polar surface area (TPSA) is 78.9 Å². The fraction of sp³-hybridized carbons (Fsp3) is 0.938. The number of carbonyl (C=O) groups excluding carboxylic acids is 3. The van der Waals surface area contributed by atoms with E-state index in [1.807, 2.05) is 0 Å². The molecule has 0 radical (unpaired) electrons. The van der Waals surface area contributed by atoms with Gasteiger partial charge < -0.3 is 14.2 Å². The van der Waals surface area contributed by atoms with E-state index in [-0.39, 0.29) is 31.1 Å². The van der Waals surface area contributed by atoms with Crippen molar-refractivity contribution < 1.29 is 28.6 Å². The first-order valence-electron chi connectivity index (χ1n) is 23.9. The van der Waals surface area contributed by atoms with Gasteiger partial charge in [0.2, 0.25) is 0 Å². The molecule has 320 valence electrons. The molecular formula is C48H92O6. The van der Waals surface area contributed by atoms with E-state index in [0.717, 1.165) is 63.7 Å². The number of hydrogen-bond donors (Lipinski definition) is 0. The Labute approximate surface area is 336 Å². The number of rotatable bonds is 43. The number of ether oxygens (including phenoxy) is 3. The Morgan fingerprint density at radius 3 is 0.963 bits per heavy atom. The molecule has 0 aliphatic rings. The van der Waals surface area contributed by atoms with E-state index in [1.54, 1.807) is 0 Å². The predicted molar refractivity (Wildman–Crippen MR) is 229 cm³/mol. The van der Waals surface area contributed by atoms with Gasteiger partial charge in [0.1, 0.15) is 13.2 Å². The van der Waals surface area contributed by atoms with Crippen LogP contribution in [-0.2, 0) is 28.6 Å². The van der Waals surface area contributed by atoms with Gasteiger partial charge in [-0.2, -0.15) is 0 Å². The van der Waals surface area contributed by atoms with Crippen molar-refractivity contribution in [1.82, 2.24) is 0 Å². The first-order valence-corrected chi connectivity index (χ1v) is 23.9. The van der Waals surface area contributed by atoms with Crippen LogP contribution in [0.2, 0.25) is 0 Å². The molecule has 0 rings (SSSR count). The van der Waals surface area contributed by atoms with Crippen LogP contribution in [0.5, 0.6) is 0 Å². The Morgan fingerprint density at radius 2 is 0.648 bits per heavy atom. The van der Waals surface area contributed by atoms with Crippen molar-refractivity contribution in [2.24, 2.45) is 5.92 Å². The first-order chi connectivity index (χ1) is 26.4. The lowest BCUT2D eigenvalue weighted by molar-refractivity contribution is -0.167. The molecule has 54 heavy (non-hydrogen) atoms. The standard InChI is InChI=1S/C48H92O6/c1-5-8-10-12-14-16-18-19-24-28-32-36-40-47(50)53-43-45(42-52-46(49)39-35-31-27-23-17-15-13-11-9-6-2)54-48(51)41-37-33-29-25-21-20-22-26-30-34-38-44(4)7-3/h44-45H,5-43H2,1-4H3/t44?,45-/m0/s1. The average Bonchev–Trinajstić information content (AvgIpc) is 3.17. The number of hydrogen-bond acceptors (Lipinski definition) is 6. The van der Waals surface area contributed by atoms with Crippen molar-refractivity contribution in [2.75, 3.05) is 13.2 Å². The molecule has 0 aromatic rings. The third-order valence-electron chi connectivity index (χ3n) is 11.2. The third kappa shape index (κ3) is 40.1. The molecule has 2 atom stereocenters. The van der Waals surface area contributed by atoms with Crippen molar-refractivity contribution >= 4 is 17.9 Å². The van der Waals surface area contributed by atoms with Crippen molar-refractivity contribution in [3.8, 4) is 0 Å². The second-order valence-corrected chi connectivity index (χ2v) is 16.6. The summed E-state index contributed by atoms with van der Waals surface area (Å²) in [4.78, 5) is 37.7. The minimum atomic E-state index is -0.759. The summed E-state index contributed by atoms with van der Waals surface area (Å²) in [5.41, 5.74) is 0.